The summed E-state index contributed by atoms with van der Waals surface area (Å²) >= 11 is 0. The first kappa shape index (κ1) is 18.2. The average molecular weight is 347 g/mol. The molecule has 1 aromatic rings. The zero-order valence-electron chi connectivity index (χ0n) is 15.7. The Hall–Kier alpha value is -1.59. The molecule has 1 aliphatic carbocycles. The number of carbonyl (C=O) groups excluding carboxylic acids is 1. The van der Waals surface area contributed by atoms with Gasteiger partial charge in [0.2, 0.25) is 0 Å². The first-order valence-electron chi connectivity index (χ1n) is 9.10. The van der Waals surface area contributed by atoms with Crippen molar-refractivity contribution >= 4 is 5.91 Å². The van der Waals surface area contributed by atoms with Gasteiger partial charge in [-0.1, -0.05) is 12.1 Å². The molecule has 0 radical (unpaired) electrons. The first-order chi connectivity index (χ1) is 11.9. The number of amides is 1. The largest absolute Gasteiger partial charge is 0.483 e. The lowest BCUT2D eigenvalue weighted by Crippen LogP contribution is -2.53. The maximum atomic E-state index is 12.8. The molecule has 0 unspecified atom stereocenters. The summed E-state index contributed by atoms with van der Waals surface area (Å²) in [6.07, 6.45) is 2.60. The molecule has 2 fully saturated rings. The number of aliphatic hydroxyl groups is 1. The van der Waals surface area contributed by atoms with Crippen LogP contribution in [0.15, 0.2) is 12.1 Å². The Morgan fingerprint density at radius 2 is 2.00 bits per heavy atom. The van der Waals surface area contributed by atoms with Crippen molar-refractivity contribution < 1.29 is 19.4 Å². The number of aliphatic hydroxyl groups excluding tert-OH is 1. The molecule has 138 valence electrons. The van der Waals surface area contributed by atoms with Gasteiger partial charge in [0.05, 0.1) is 17.7 Å². The van der Waals surface area contributed by atoms with Crippen molar-refractivity contribution in [3.05, 3.63) is 28.8 Å². The third-order valence-corrected chi connectivity index (χ3v) is 6.10. The average Bonchev–Trinajstić information content (AvgIpc) is 2.97. The number of likely N-dealkylation sites (tertiary alicyclic amines) is 1. The van der Waals surface area contributed by atoms with E-state index in [9.17, 15) is 9.90 Å². The van der Waals surface area contributed by atoms with Crippen molar-refractivity contribution in [3.63, 3.8) is 0 Å². The molecule has 1 saturated carbocycles. The standard InChI is InChI=1S/C20H29NO4/c1-13-5-6-14(2)19(15(13)3)25-12-18(23)21-10-9-20(24-4)8-7-16(22)11-17(20)21/h5-6,16-17,22H,7-12H2,1-4H3/t16-,17+,20-/m1/s1. The minimum absolute atomic E-state index is 0.0253. The molecule has 5 nitrogen and oxygen atoms in total. The highest BCUT2D eigenvalue weighted by molar-refractivity contribution is 5.79. The van der Waals surface area contributed by atoms with Gasteiger partial charge >= 0.3 is 0 Å². The summed E-state index contributed by atoms with van der Waals surface area (Å²) in [5.41, 5.74) is 2.97. The van der Waals surface area contributed by atoms with Crippen molar-refractivity contribution in [2.24, 2.45) is 0 Å². The van der Waals surface area contributed by atoms with Crippen LogP contribution < -0.4 is 4.74 Å². The van der Waals surface area contributed by atoms with Gasteiger partial charge < -0.3 is 19.5 Å². The van der Waals surface area contributed by atoms with Gasteiger partial charge in [-0.3, -0.25) is 4.79 Å². The molecular weight excluding hydrogens is 318 g/mol. The van der Waals surface area contributed by atoms with Crippen LogP contribution in [0, 0.1) is 20.8 Å². The van der Waals surface area contributed by atoms with E-state index in [1.54, 1.807) is 7.11 Å². The van der Waals surface area contributed by atoms with Crippen molar-refractivity contribution in [1.82, 2.24) is 4.90 Å². The molecule has 1 amide bonds. The zero-order valence-corrected chi connectivity index (χ0v) is 15.7. The quantitative estimate of drug-likeness (QED) is 0.909. The summed E-state index contributed by atoms with van der Waals surface area (Å²) in [5, 5.41) is 10.1. The van der Waals surface area contributed by atoms with Gasteiger partial charge in [-0.05, 0) is 63.1 Å². The van der Waals surface area contributed by atoms with E-state index < -0.39 is 0 Å². The van der Waals surface area contributed by atoms with Crippen LogP contribution in [0.25, 0.3) is 0 Å². The Labute approximate surface area is 149 Å². The number of benzene rings is 1. The molecule has 25 heavy (non-hydrogen) atoms. The van der Waals surface area contributed by atoms with Crippen LogP contribution in [0.1, 0.15) is 42.4 Å². The molecule has 1 heterocycles. The van der Waals surface area contributed by atoms with Crippen LogP contribution in [0.5, 0.6) is 5.75 Å². The summed E-state index contributed by atoms with van der Waals surface area (Å²) in [4.78, 5) is 14.7. The van der Waals surface area contributed by atoms with Gasteiger partial charge in [-0.15, -0.1) is 0 Å². The number of methoxy groups -OCH3 is 1. The van der Waals surface area contributed by atoms with Gasteiger partial charge in [0.25, 0.3) is 5.91 Å². The highest BCUT2D eigenvalue weighted by Crippen LogP contribution is 2.42. The van der Waals surface area contributed by atoms with Crippen LogP contribution in [0.4, 0.5) is 0 Å². The van der Waals surface area contributed by atoms with E-state index in [0.717, 1.165) is 41.7 Å². The van der Waals surface area contributed by atoms with E-state index >= 15 is 0 Å². The molecule has 1 aliphatic heterocycles. The minimum Gasteiger partial charge on any atom is -0.483 e. The fourth-order valence-electron chi connectivity index (χ4n) is 4.34. The highest BCUT2D eigenvalue weighted by Gasteiger charge is 2.52. The van der Waals surface area contributed by atoms with Crippen LogP contribution in [0.3, 0.4) is 0 Å². The van der Waals surface area contributed by atoms with E-state index in [0.29, 0.717) is 13.0 Å². The lowest BCUT2D eigenvalue weighted by Gasteiger charge is -2.42. The summed E-state index contributed by atoms with van der Waals surface area (Å²) in [6.45, 7) is 6.75. The maximum Gasteiger partial charge on any atom is 0.260 e. The van der Waals surface area contributed by atoms with Crippen LogP contribution in [-0.2, 0) is 9.53 Å². The van der Waals surface area contributed by atoms with Gasteiger partial charge in [0.15, 0.2) is 6.61 Å². The molecule has 0 bridgehead atoms. The van der Waals surface area contributed by atoms with Gasteiger partial charge in [-0.25, -0.2) is 0 Å². The third kappa shape index (κ3) is 3.27. The molecule has 0 aromatic heterocycles. The van der Waals surface area contributed by atoms with Crippen molar-refractivity contribution in [3.8, 4) is 5.75 Å². The number of aryl methyl sites for hydroxylation is 2. The minimum atomic E-state index is -0.358. The highest BCUT2D eigenvalue weighted by atomic mass is 16.5. The normalized spacial score (nSPS) is 28.8. The SMILES string of the molecule is CO[C@@]12CC[C@@H](O)C[C@@H]1N(C(=O)COc1c(C)ccc(C)c1C)CC2. The predicted molar refractivity (Wildman–Crippen MR) is 95.9 cm³/mol. The number of nitrogens with zero attached hydrogens (tertiary/aromatic N) is 1. The maximum absolute atomic E-state index is 12.8. The Bertz CT molecular complexity index is 659. The van der Waals surface area contributed by atoms with E-state index in [4.69, 9.17) is 9.47 Å². The monoisotopic (exact) mass is 347 g/mol. The van der Waals surface area contributed by atoms with E-state index in [1.165, 1.54) is 0 Å². The Kier molecular flexibility index (Phi) is 5.07. The number of fused-ring (bicyclic) bond motifs is 1. The van der Waals surface area contributed by atoms with Gasteiger partial charge in [0.1, 0.15) is 5.75 Å². The number of hydrogen-bond acceptors (Lipinski definition) is 4. The van der Waals surface area contributed by atoms with E-state index in [-0.39, 0.29) is 30.3 Å². The molecule has 2 aliphatic rings. The van der Waals surface area contributed by atoms with Crippen molar-refractivity contribution in [2.45, 2.75) is 64.2 Å². The Balaban J connectivity index is 1.71. The zero-order chi connectivity index (χ0) is 18.2. The summed E-state index contributed by atoms with van der Waals surface area (Å²) < 4.78 is 11.7. The Morgan fingerprint density at radius 1 is 1.28 bits per heavy atom. The molecule has 3 rings (SSSR count). The molecule has 1 aromatic carbocycles. The first-order valence-corrected chi connectivity index (χ1v) is 9.10. The topological polar surface area (TPSA) is 59.0 Å². The molecular formula is C20H29NO4. The Morgan fingerprint density at radius 3 is 2.72 bits per heavy atom. The number of rotatable bonds is 4. The second-order valence-electron chi connectivity index (χ2n) is 7.49. The molecule has 5 heteroatoms. The molecule has 1 saturated heterocycles. The van der Waals surface area contributed by atoms with Crippen LogP contribution in [-0.4, -0.2) is 53.9 Å². The lowest BCUT2D eigenvalue weighted by atomic mass is 9.79. The van der Waals surface area contributed by atoms with Gasteiger partial charge in [-0.2, -0.15) is 0 Å². The lowest BCUT2D eigenvalue weighted by molar-refractivity contribution is -0.141. The third-order valence-electron chi connectivity index (χ3n) is 6.10. The number of ether oxygens (including phenoxy) is 2. The fraction of sp³-hybridized carbons (Fsp3) is 0.650. The van der Waals surface area contributed by atoms with E-state index in [1.807, 2.05) is 31.7 Å². The van der Waals surface area contributed by atoms with Crippen LogP contribution in [0.2, 0.25) is 0 Å². The molecule has 0 spiro atoms. The molecule has 3 atom stereocenters. The predicted octanol–water partition coefficient (Wildman–Crippen LogP) is 2.52. The van der Waals surface area contributed by atoms with E-state index in [2.05, 4.69) is 6.07 Å². The fourth-order valence-corrected chi connectivity index (χ4v) is 4.34. The van der Waals surface area contributed by atoms with Crippen molar-refractivity contribution in [1.29, 1.82) is 0 Å². The summed E-state index contributed by atoms with van der Waals surface area (Å²) in [7, 11) is 1.72. The molecule has 1 N–H and O–H groups in total. The summed E-state index contributed by atoms with van der Waals surface area (Å²) in [5.74, 6) is 0.771. The van der Waals surface area contributed by atoms with Crippen LogP contribution >= 0.6 is 0 Å². The van der Waals surface area contributed by atoms with Crippen molar-refractivity contribution in [2.75, 3.05) is 20.3 Å². The summed E-state index contributed by atoms with van der Waals surface area (Å²) in [6, 6.07) is 4.03. The smallest absolute Gasteiger partial charge is 0.260 e. The number of hydrogen-bond donors (Lipinski definition) is 1. The second kappa shape index (κ2) is 6.96. The second-order valence-corrected chi connectivity index (χ2v) is 7.49. The number of carbonyl (C=O) groups is 1. The van der Waals surface area contributed by atoms with Gasteiger partial charge in [0, 0.05) is 13.7 Å².